The molecule has 1 aliphatic carbocycles. The van der Waals surface area contributed by atoms with Gasteiger partial charge in [-0.1, -0.05) is 37.5 Å². The van der Waals surface area contributed by atoms with Gasteiger partial charge in [-0.15, -0.1) is 0 Å². The van der Waals surface area contributed by atoms with E-state index in [-0.39, 0.29) is 12.1 Å². The first-order valence-corrected chi connectivity index (χ1v) is 6.64. The van der Waals surface area contributed by atoms with Crippen molar-refractivity contribution in [1.29, 1.82) is 0 Å². The van der Waals surface area contributed by atoms with Crippen LogP contribution < -0.4 is 0 Å². The van der Waals surface area contributed by atoms with Gasteiger partial charge in [-0.05, 0) is 31.9 Å². The zero-order valence-corrected chi connectivity index (χ0v) is 11.0. The van der Waals surface area contributed by atoms with Crippen LogP contribution in [0.4, 0.5) is 0 Å². The number of benzene rings is 1. The fraction of sp³-hybridized carbons (Fsp3) is 0.533. The molecule has 0 amide bonds. The van der Waals surface area contributed by atoms with E-state index in [1.54, 1.807) is 19.1 Å². The Labute approximate surface area is 109 Å². The molecule has 3 heteroatoms. The van der Waals surface area contributed by atoms with Crippen LogP contribution in [0.3, 0.4) is 0 Å². The minimum atomic E-state index is -0.256. The normalized spacial score (nSPS) is 15.4. The zero-order valence-electron chi connectivity index (χ0n) is 11.0. The Morgan fingerprint density at radius 2 is 1.83 bits per heavy atom. The Bertz CT molecular complexity index is 329. The minimum Gasteiger partial charge on any atom is -0.462 e. The second-order valence-electron chi connectivity index (χ2n) is 4.38. The predicted octanol–water partition coefficient (Wildman–Crippen LogP) is 3.17. The van der Waals surface area contributed by atoms with Gasteiger partial charge in [-0.3, -0.25) is 0 Å². The lowest BCUT2D eigenvalue weighted by Crippen LogP contribution is -2.09. The predicted molar refractivity (Wildman–Crippen MR) is 71.5 cm³/mol. The molecule has 1 aromatic rings. The van der Waals surface area contributed by atoms with Crippen LogP contribution >= 0.6 is 0 Å². The largest absolute Gasteiger partial charge is 0.462 e. The van der Waals surface area contributed by atoms with Crippen LogP contribution in [-0.2, 0) is 4.74 Å². The quantitative estimate of drug-likeness (QED) is 0.820. The molecular formula is C15H22O3. The Morgan fingerprint density at radius 3 is 2.28 bits per heavy atom. The van der Waals surface area contributed by atoms with E-state index in [2.05, 4.69) is 0 Å². The maximum atomic E-state index is 11.0. The van der Waals surface area contributed by atoms with Gasteiger partial charge in [0.05, 0.1) is 18.3 Å². The van der Waals surface area contributed by atoms with Gasteiger partial charge in [-0.25, -0.2) is 4.79 Å². The highest BCUT2D eigenvalue weighted by Crippen LogP contribution is 2.16. The summed E-state index contributed by atoms with van der Waals surface area (Å²) in [5, 5.41) is 8.91. The van der Waals surface area contributed by atoms with Crippen molar-refractivity contribution in [2.45, 2.75) is 45.1 Å². The van der Waals surface area contributed by atoms with Crippen molar-refractivity contribution in [3.05, 3.63) is 35.9 Å². The summed E-state index contributed by atoms with van der Waals surface area (Å²) in [4.78, 5) is 11.0. The van der Waals surface area contributed by atoms with Gasteiger partial charge in [0.1, 0.15) is 0 Å². The number of hydrogen-bond donors (Lipinski definition) is 1. The average Bonchev–Trinajstić information content (AvgIpc) is 2.42. The van der Waals surface area contributed by atoms with Gasteiger partial charge in [0.15, 0.2) is 0 Å². The third-order valence-electron chi connectivity index (χ3n) is 2.86. The fourth-order valence-corrected chi connectivity index (χ4v) is 1.87. The lowest BCUT2D eigenvalue weighted by molar-refractivity contribution is 0.0526. The standard InChI is InChI=1S/C9H10O2.C6H12O/c1-2-11-9(10)8-6-4-3-5-7-8;7-6-4-2-1-3-5-6/h3-7H,2H2,1H3;6-7H,1-5H2. The fourth-order valence-electron chi connectivity index (χ4n) is 1.87. The molecular weight excluding hydrogens is 228 g/mol. The average molecular weight is 250 g/mol. The molecule has 1 fully saturated rings. The Hall–Kier alpha value is -1.35. The summed E-state index contributed by atoms with van der Waals surface area (Å²) in [5.41, 5.74) is 0.606. The van der Waals surface area contributed by atoms with Crippen LogP contribution in [0.1, 0.15) is 49.4 Å². The molecule has 0 saturated heterocycles. The van der Waals surface area contributed by atoms with Crippen LogP contribution in [-0.4, -0.2) is 23.8 Å². The van der Waals surface area contributed by atoms with Gasteiger partial charge in [0.2, 0.25) is 0 Å². The van der Waals surface area contributed by atoms with E-state index in [1.807, 2.05) is 18.2 Å². The first-order valence-electron chi connectivity index (χ1n) is 6.64. The van der Waals surface area contributed by atoms with Gasteiger partial charge >= 0.3 is 5.97 Å². The number of aliphatic hydroxyl groups excluding tert-OH is 1. The highest BCUT2D eigenvalue weighted by molar-refractivity contribution is 5.89. The van der Waals surface area contributed by atoms with Crippen LogP contribution in [0.15, 0.2) is 30.3 Å². The topological polar surface area (TPSA) is 46.5 Å². The van der Waals surface area contributed by atoms with Gasteiger partial charge in [0.25, 0.3) is 0 Å². The molecule has 1 saturated carbocycles. The van der Waals surface area contributed by atoms with E-state index in [1.165, 1.54) is 19.3 Å². The molecule has 0 aromatic heterocycles. The van der Waals surface area contributed by atoms with Gasteiger partial charge < -0.3 is 9.84 Å². The van der Waals surface area contributed by atoms with Crippen molar-refractivity contribution >= 4 is 5.97 Å². The maximum absolute atomic E-state index is 11.0. The lowest BCUT2D eigenvalue weighted by Gasteiger charge is -2.14. The number of aliphatic hydroxyl groups is 1. The van der Waals surface area contributed by atoms with Crippen LogP contribution in [0, 0.1) is 0 Å². The van der Waals surface area contributed by atoms with Gasteiger partial charge in [-0.2, -0.15) is 0 Å². The first-order chi connectivity index (χ1) is 8.74. The SMILES string of the molecule is CCOC(=O)c1ccccc1.OC1CCCCC1. The van der Waals surface area contributed by atoms with Crippen molar-refractivity contribution in [2.24, 2.45) is 0 Å². The third kappa shape index (κ3) is 5.82. The van der Waals surface area contributed by atoms with Crippen molar-refractivity contribution in [3.8, 4) is 0 Å². The van der Waals surface area contributed by atoms with E-state index in [0.717, 1.165) is 12.8 Å². The van der Waals surface area contributed by atoms with Crippen molar-refractivity contribution in [2.75, 3.05) is 6.61 Å². The second kappa shape index (κ2) is 8.70. The summed E-state index contributed by atoms with van der Waals surface area (Å²) in [7, 11) is 0. The van der Waals surface area contributed by atoms with Crippen LogP contribution in [0.2, 0.25) is 0 Å². The summed E-state index contributed by atoms with van der Waals surface area (Å²) >= 11 is 0. The molecule has 1 N–H and O–H groups in total. The molecule has 100 valence electrons. The molecule has 1 aromatic carbocycles. The summed E-state index contributed by atoms with van der Waals surface area (Å²) in [6.45, 7) is 2.22. The molecule has 0 spiro atoms. The molecule has 3 nitrogen and oxygen atoms in total. The molecule has 18 heavy (non-hydrogen) atoms. The number of esters is 1. The minimum absolute atomic E-state index is 0.0359. The number of hydrogen-bond acceptors (Lipinski definition) is 3. The van der Waals surface area contributed by atoms with Crippen molar-refractivity contribution in [3.63, 3.8) is 0 Å². The molecule has 0 heterocycles. The molecule has 0 unspecified atom stereocenters. The summed E-state index contributed by atoms with van der Waals surface area (Å²) < 4.78 is 4.79. The monoisotopic (exact) mass is 250 g/mol. The first kappa shape index (κ1) is 14.7. The molecule has 2 rings (SSSR count). The van der Waals surface area contributed by atoms with Crippen LogP contribution in [0.5, 0.6) is 0 Å². The van der Waals surface area contributed by atoms with E-state index in [9.17, 15) is 4.79 Å². The van der Waals surface area contributed by atoms with Crippen molar-refractivity contribution in [1.82, 2.24) is 0 Å². The highest BCUT2D eigenvalue weighted by atomic mass is 16.5. The summed E-state index contributed by atoms with van der Waals surface area (Å²) in [5.74, 6) is -0.256. The van der Waals surface area contributed by atoms with E-state index in [0.29, 0.717) is 12.2 Å². The molecule has 1 aliphatic rings. The third-order valence-corrected chi connectivity index (χ3v) is 2.86. The van der Waals surface area contributed by atoms with E-state index < -0.39 is 0 Å². The highest BCUT2D eigenvalue weighted by Gasteiger charge is 2.07. The molecule has 0 aliphatic heterocycles. The van der Waals surface area contributed by atoms with Crippen LogP contribution in [0.25, 0.3) is 0 Å². The maximum Gasteiger partial charge on any atom is 0.338 e. The molecule has 0 atom stereocenters. The van der Waals surface area contributed by atoms with Crippen molar-refractivity contribution < 1.29 is 14.6 Å². The Balaban J connectivity index is 0.000000199. The van der Waals surface area contributed by atoms with E-state index >= 15 is 0 Å². The zero-order chi connectivity index (χ0) is 13.2. The number of ether oxygens (including phenoxy) is 1. The number of carbonyl (C=O) groups excluding carboxylic acids is 1. The lowest BCUT2D eigenvalue weighted by atomic mass is 9.98. The van der Waals surface area contributed by atoms with Gasteiger partial charge in [0, 0.05) is 0 Å². The summed E-state index contributed by atoms with van der Waals surface area (Å²) in [6, 6.07) is 8.96. The second-order valence-corrected chi connectivity index (χ2v) is 4.38. The smallest absolute Gasteiger partial charge is 0.338 e. The Kier molecular flexibility index (Phi) is 7.11. The summed E-state index contributed by atoms with van der Waals surface area (Å²) in [6.07, 6.45) is 5.92. The number of rotatable bonds is 2. The molecule has 0 radical (unpaired) electrons. The van der Waals surface area contributed by atoms with E-state index in [4.69, 9.17) is 9.84 Å². The Morgan fingerprint density at radius 1 is 1.22 bits per heavy atom. The molecule has 0 bridgehead atoms. The number of carbonyl (C=O) groups is 1.